The number of nitrogens with one attached hydrogen (secondary N) is 1. The summed E-state index contributed by atoms with van der Waals surface area (Å²) in [5, 5.41) is 12.2. The molecule has 0 radical (unpaired) electrons. The standard InChI is InChI=1S/C17H24N4OS/c1-3-12-21-15(4-2)19-20-17(21)23-13-16(22)18-11-10-14-8-6-5-7-9-14/h5-9H,3-4,10-13H2,1-2H3,(H,18,22). The Kier molecular flexibility index (Phi) is 7.13. The van der Waals surface area contributed by atoms with Crippen LogP contribution in [0.15, 0.2) is 35.5 Å². The zero-order valence-electron chi connectivity index (χ0n) is 13.8. The van der Waals surface area contributed by atoms with Gasteiger partial charge in [0.05, 0.1) is 5.75 Å². The van der Waals surface area contributed by atoms with E-state index < -0.39 is 0 Å². The van der Waals surface area contributed by atoms with Crippen LogP contribution in [0, 0.1) is 0 Å². The molecule has 0 atom stereocenters. The fourth-order valence-electron chi connectivity index (χ4n) is 2.31. The molecule has 5 nitrogen and oxygen atoms in total. The van der Waals surface area contributed by atoms with E-state index in [4.69, 9.17) is 0 Å². The van der Waals surface area contributed by atoms with E-state index in [1.165, 1.54) is 17.3 Å². The molecule has 0 saturated heterocycles. The molecular weight excluding hydrogens is 308 g/mol. The zero-order valence-corrected chi connectivity index (χ0v) is 14.6. The predicted octanol–water partition coefficient (Wildman–Crippen LogP) is 2.70. The number of benzene rings is 1. The number of aryl methyl sites for hydroxylation is 1. The summed E-state index contributed by atoms with van der Waals surface area (Å²) in [5.41, 5.74) is 1.23. The third-order valence-electron chi connectivity index (χ3n) is 3.47. The first-order valence-electron chi connectivity index (χ1n) is 8.10. The second-order valence-corrected chi connectivity index (χ2v) is 6.22. The Morgan fingerprint density at radius 1 is 1.22 bits per heavy atom. The Bertz CT molecular complexity index is 612. The van der Waals surface area contributed by atoms with Gasteiger partial charge in [-0.05, 0) is 18.4 Å². The van der Waals surface area contributed by atoms with Crippen molar-refractivity contribution in [1.29, 1.82) is 0 Å². The second-order valence-electron chi connectivity index (χ2n) is 5.28. The summed E-state index contributed by atoms with van der Waals surface area (Å²) in [6.45, 7) is 5.75. The van der Waals surface area contributed by atoms with Crippen LogP contribution in [0.2, 0.25) is 0 Å². The molecule has 2 aromatic rings. The lowest BCUT2D eigenvalue weighted by molar-refractivity contribution is -0.118. The van der Waals surface area contributed by atoms with Crippen LogP contribution >= 0.6 is 11.8 Å². The van der Waals surface area contributed by atoms with Gasteiger partial charge in [0.25, 0.3) is 0 Å². The van der Waals surface area contributed by atoms with Gasteiger partial charge in [-0.15, -0.1) is 10.2 Å². The monoisotopic (exact) mass is 332 g/mol. The molecule has 23 heavy (non-hydrogen) atoms. The van der Waals surface area contributed by atoms with Crippen molar-refractivity contribution in [3.8, 4) is 0 Å². The van der Waals surface area contributed by atoms with Crippen LogP contribution < -0.4 is 5.32 Å². The van der Waals surface area contributed by atoms with Gasteiger partial charge in [-0.2, -0.15) is 0 Å². The van der Waals surface area contributed by atoms with Crippen LogP contribution in [0.4, 0.5) is 0 Å². The topological polar surface area (TPSA) is 59.8 Å². The number of hydrogen-bond acceptors (Lipinski definition) is 4. The van der Waals surface area contributed by atoms with E-state index in [0.29, 0.717) is 12.3 Å². The van der Waals surface area contributed by atoms with Crippen molar-refractivity contribution in [2.24, 2.45) is 0 Å². The van der Waals surface area contributed by atoms with E-state index >= 15 is 0 Å². The van der Waals surface area contributed by atoms with Crippen molar-refractivity contribution >= 4 is 17.7 Å². The molecule has 0 unspecified atom stereocenters. The van der Waals surface area contributed by atoms with Crippen LogP contribution in [0.5, 0.6) is 0 Å². The molecule has 1 aromatic heterocycles. The quantitative estimate of drug-likeness (QED) is 0.717. The largest absolute Gasteiger partial charge is 0.355 e. The van der Waals surface area contributed by atoms with E-state index in [9.17, 15) is 4.79 Å². The first-order chi connectivity index (χ1) is 11.2. The lowest BCUT2D eigenvalue weighted by atomic mass is 10.1. The van der Waals surface area contributed by atoms with E-state index in [0.717, 1.165) is 36.8 Å². The summed E-state index contributed by atoms with van der Waals surface area (Å²) in [6.07, 6.45) is 2.74. The summed E-state index contributed by atoms with van der Waals surface area (Å²) in [6, 6.07) is 10.2. The van der Waals surface area contributed by atoms with Gasteiger partial charge in [0.1, 0.15) is 5.82 Å². The third kappa shape index (κ3) is 5.39. The van der Waals surface area contributed by atoms with Crippen LogP contribution in [0.25, 0.3) is 0 Å². The maximum atomic E-state index is 12.0. The van der Waals surface area contributed by atoms with Crippen molar-refractivity contribution in [2.45, 2.75) is 44.8 Å². The summed E-state index contributed by atoms with van der Waals surface area (Å²) >= 11 is 1.45. The van der Waals surface area contributed by atoms with Crippen molar-refractivity contribution < 1.29 is 4.79 Å². The minimum atomic E-state index is 0.0371. The summed E-state index contributed by atoms with van der Waals surface area (Å²) in [4.78, 5) is 12.0. The summed E-state index contributed by atoms with van der Waals surface area (Å²) < 4.78 is 2.11. The Hall–Kier alpha value is -1.82. The van der Waals surface area contributed by atoms with Crippen LogP contribution in [-0.2, 0) is 24.2 Å². The van der Waals surface area contributed by atoms with E-state index in [1.807, 2.05) is 18.2 Å². The minimum absolute atomic E-state index is 0.0371. The molecule has 0 bridgehead atoms. The van der Waals surface area contributed by atoms with Crippen molar-refractivity contribution in [3.63, 3.8) is 0 Å². The highest BCUT2D eigenvalue weighted by Crippen LogP contribution is 2.17. The van der Waals surface area contributed by atoms with E-state index in [-0.39, 0.29) is 5.91 Å². The molecule has 1 N–H and O–H groups in total. The first kappa shape index (κ1) is 17.5. The lowest BCUT2D eigenvalue weighted by Crippen LogP contribution is -2.27. The second kappa shape index (κ2) is 9.35. The van der Waals surface area contributed by atoms with Gasteiger partial charge in [-0.1, -0.05) is 55.9 Å². The van der Waals surface area contributed by atoms with Gasteiger partial charge < -0.3 is 9.88 Å². The van der Waals surface area contributed by atoms with Crippen LogP contribution in [-0.4, -0.2) is 33.0 Å². The van der Waals surface area contributed by atoms with Crippen molar-refractivity contribution in [1.82, 2.24) is 20.1 Å². The Morgan fingerprint density at radius 3 is 2.70 bits per heavy atom. The average Bonchev–Trinajstić information content (AvgIpc) is 2.96. The molecule has 0 aliphatic carbocycles. The SMILES string of the molecule is CCCn1c(CC)nnc1SCC(=O)NCCc1ccccc1. The summed E-state index contributed by atoms with van der Waals surface area (Å²) in [7, 11) is 0. The number of thioether (sulfide) groups is 1. The number of hydrogen-bond donors (Lipinski definition) is 1. The fourth-order valence-corrected chi connectivity index (χ4v) is 3.12. The number of carbonyl (C=O) groups excluding carboxylic acids is 1. The Morgan fingerprint density at radius 2 is 2.00 bits per heavy atom. The van der Waals surface area contributed by atoms with E-state index in [1.54, 1.807) is 0 Å². The predicted molar refractivity (Wildman–Crippen MR) is 93.6 cm³/mol. The molecule has 0 spiro atoms. The summed E-state index contributed by atoms with van der Waals surface area (Å²) in [5.74, 6) is 1.40. The molecule has 0 aliphatic heterocycles. The number of nitrogens with zero attached hydrogens (tertiary/aromatic N) is 3. The third-order valence-corrected chi connectivity index (χ3v) is 4.43. The molecular formula is C17H24N4OS. The normalized spacial score (nSPS) is 10.7. The maximum absolute atomic E-state index is 12.0. The molecule has 0 fully saturated rings. The van der Waals surface area contributed by atoms with Gasteiger partial charge in [0.15, 0.2) is 5.16 Å². The number of aromatic nitrogens is 3. The highest BCUT2D eigenvalue weighted by atomic mass is 32.2. The average molecular weight is 332 g/mol. The van der Waals surface area contributed by atoms with Gasteiger partial charge in [-0.25, -0.2) is 0 Å². The highest BCUT2D eigenvalue weighted by Gasteiger charge is 2.12. The molecule has 2 rings (SSSR count). The number of rotatable bonds is 9. The van der Waals surface area contributed by atoms with Crippen LogP contribution in [0.3, 0.4) is 0 Å². The Labute approximate surface area is 141 Å². The van der Waals surface area contributed by atoms with Gasteiger partial charge in [-0.3, -0.25) is 4.79 Å². The van der Waals surface area contributed by atoms with Gasteiger partial charge in [0.2, 0.25) is 5.91 Å². The fraction of sp³-hybridized carbons (Fsp3) is 0.471. The lowest BCUT2D eigenvalue weighted by Gasteiger charge is -2.08. The molecule has 0 saturated carbocycles. The first-order valence-corrected chi connectivity index (χ1v) is 9.08. The van der Waals surface area contributed by atoms with Crippen molar-refractivity contribution in [3.05, 3.63) is 41.7 Å². The molecule has 1 amide bonds. The highest BCUT2D eigenvalue weighted by molar-refractivity contribution is 7.99. The van der Waals surface area contributed by atoms with E-state index in [2.05, 4.69) is 46.1 Å². The smallest absolute Gasteiger partial charge is 0.230 e. The minimum Gasteiger partial charge on any atom is -0.355 e. The van der Waals surface area contributed by atoms with Crippen molar-refractivity contribution in [2.75, 3.05) is 12.3 Å². The maximum Gasteiger partial charge on any atom is 0.230 e. The number of carbonyl (C=O) groups is 1. The molecule has 1 aromatic carbocycles. The Balaban J connectivity index is 1.77. The van der Waals surface area contributed by atoms with Gasteiger partial charge in [0, 0.05) is 19.5 Å². The zero-order chi connectivity index (χ0) is 16.5. The molecule has 6 heteroatoms. The van der Waals surface area contributed by atoms with Gasteiger partial charge >= 0.3 is 0 Å². The number of amides is 1. The molecule has 0 aliphatic rings. The molecule has 124 valence electrons. The van der Waals surface area contributed by atoms with Crippen LogP contribution in [0.1, 0.15) is 31.7 Å². The molecule has 1 heterocycles.